The SMILES string of the molecule is COC(=O)CCNC(=O)c1cccc(OC2CCN(C3CCN(C)CC3)CC2)c1. The van der Waals surface area contributed by atoms with Crippen molar-refractivity contribution in [2.45, 2.75) is 44.2 Å². The molecule has 0 aliphatic carbocycles. The standard InChI is InChI=1S/C22H33N3O4/c1-24-12-7-18(8-13-24)25-14-9-19(10-15-25)29-20-5-3-4-17(16-20)22(27)23-11-6-21(26)28-2/h3-5,16,18-19H,6-15H2,1-2H3,(H,23,27). The molecule has 3 rings (SSSR count). The topological polar surface area (TPSA) is 71.1 Å². The van der Waals surface area contributed by atoms with Crippen LogP contribution in [0.25, 0.3) is 0 Å². The molecule has 1 N–H and O–H groups in total. The lowest BCUT2D eigenvalue weighted by Crippen LogP contribution is -2.48. The van der Waals surface area contributed by atoms with E-state index in [0.717, 1.165) is 31.7 Å². The van der Waals surface area contributed by atoms with E-state index < -0.39 is 0 Å². The van der Waals surface area contributed by atoms with Crippen LogP contribution in [0.5, 0.6) is 5.75 Å². The van der Waals surface area contributed by atoms with Crippen molar-refractivity contribution in [1.82, 2.24) is 15.1 Å². The number of benzene rings is 1. The molecular weight excluding hydrogens is 370 g/mol. The number of nitrogens with one attached hydrogen (secondary N) is 1. The highest BCUT2D eigenvalue weighted by atomic mass is 16.5. The minimum absolute atomic E-state index is 0.161. The van der Waals surface area contributed by atoms with Gasteiger partial charge in [0.1, 0.15) is 11.9 Å². The molecule has 1 aromatic rings. The Kier molecular flexibility index (Phi) is 7.89. The fraction of sp³-hybridized carbons (Fsp3) is 0.636. The fourth-order valence-electron chi connectivity index (χ4n) is 4.10. The van der Waals surface area contributed by atoms with E-state index in [4.69, 9.17) is 4.74 Å². The molecule has 0 bridgehead atoms. The average Bonchev–Trinajstić information content (AvgIpc) is 2.75. The van der Waals surface area contributed by atoms with Gasteiger partial charge in [-0.05, 0) is 64.0 Å². The molecule has 0 spiro atoms. The van der Waals surface area contributed by atoms with Crippen LogP contribution in [-0.2, 0) is 9.53 Å². The van der Waals surface area contributed by atoms with Crippen LogP contribution in [0, 0.1) is 0 Å². The van der Waals surface area contributed by atoms with Gasteiger partial charge in [-0.25, -0.2) is 0 Å². The Morgan fingerprint density at radius 2 is 1.83 bits per heavy atom. The van der Waals surface area contributed by atoms with Gasteiger partial charge in [0.05, 0.1) is 13.5 Å². The summed E-state index contributed by atoms with van der Waals surface area (Å²) in [7, 11) is 3.53. The van der Waals surface area contributed by atoms with Crippen molar-refractivity contribution in [1.29, 1.82) is 0 Å². The molecule has 0 atom stereocenters. The van der Waals surface area contributed by atoms with E-state index in [1.54, 1.807) is 12.1 Å². The highest BCUT2D eigenvalue weighted by Gasteiger charge is 2.28. The third kappa shape index (κ3) is 6.44. The van der Waals surface area contributed by atoms with E-state index in [2.05, 4.69) is 26.9 Å². The van der Waals surface area contributed by atoms with Gasteiger partial charge in [0.25, 0.3) is 5.91 Å². The molecule has 2 aliphatic heterocycles. The minimum Gasteiger partial charge on any atom is -0.490 e. The van der Waals surface area contributed by atoms with Crippen molar-refractivity contribution in [3.05, 3.63) is 29.8 Å². The Balaban J connectivity index is 1.44. The average molecular weight is 404 g/mol. The molecule has 0 unspecified atom stereocenters. The van der Waals surface area contributed by atoms with E-state index in [1.807, 2.05) is 12.1 Å². The summed E-state index contributed by atoms with van der Waals surface area (Å²) in [5, 5.41) is 2.73. The van der Waals surface area contributed by atoms with Gasteiger partial charge in [0.15, 0.2) is 0 Å². The third-order valence-electron chi connectivity index (χ3n) is 5.92. The second kappa shape index (κ2) is 10.6. The van der Waals surface area contributed by atoms with Crippen LogP contribution in [0.4, 0.5) is 0 Å². The summed E-state index contributed by atoms with van der Waals surface area (Å²) < 4.78 is 10.7. The van der Waals surface area contributed by atoms with Gasteiger partial charge in [-0.2, -0.15) is 0 Å². The number of methoxy groups -OCH3 is 1. The zero-order valence-corrected chi connectivity index (χ0v) is 17.6. The zero-order chi connectivity index (χ0) is 20.6. The Hall–Kier alpha value is -2.12. The van der Waals surface area contributed by atoms with Crippen molar-refractivity contribution >= 4 is 11.9 Å². The summed E-state index contributed by atoms with van der Waals surface area (Å²) in [5.41, 5.74) is 0.538. The largest absolute Gasteiger partial charge is 0.490 e. The first kappa shape index (κ1) is 21.6. The highest BCUT2D eigenvalue weighted by molar-refractivity contribution is 5.94. The first-order valence-corrected chi connectivity index (χ1v) is 10.6. The Labute approximate surface area is 173 Å². The maximum absolute atomic E-state index is 12.3. The molecule has 160 valence electrons. The monoisotopic (exact) mass is 403 g/mol. The van der Waals surface area contributed by atoms with E-state index >= 15 is 0 Å². The number of carbonyl (C=O) groups excluding carboxylic acids is 2. The summed E-state index contributed by atoms with van der Waals surface area (Å²) in [4.78, 5) is 28.4. The van der Waals surface area contributed by atoms with E-state index in [0.29, 0.717) is 11.6 Å². The molecule has 0 aromatic heterocycles. The van der Waals surface area contributed by atoms with Crippen LogP contribution >= 0.6 is 0 Å². The molecular formula is C22H33N3O4. The zero-order valence-electron chi connectivity index (χ0n) is 17.6. The molecule has 2 fully saturated rings. The molecule has 2 aliphatic rings. The highest BCUT2D eigenvalue weighted by Crippen LogP contribution is 2.24. The maximum Gasteiger partial charge on any atom is 0.307 e. The van der Waals surface area contributed by atoms with Crippen molar-refractivity contribution in [2.75, 3.05) is 46.9 Å². The molecule has 0 saturated carbocycles. The van der Waals surface area contributed by atoms with Gasteiger partial charge < -0.3 is 24.6 Å². The minimum atomic E-state index is -0.339. The Morgan fingerprint density at radius 1 is 1.10 bits per heavy atom. The lowest BCUT2D eigenvalue weighted by Gasteiger charge is -2.41. The van der Waals surface area contributed by atoms with E-state index in [9.17, 15) is 9.59 Å². The van der Waals surface area contributed by atoms with Crippen molar-refractivity contribution in [2.24, 2.45) is 0 Å². The molecule has 7 heteroatoms. The summed E-state index contributed by atoms with van der Waals surface area (Å²) >= 11 is 0. The van der Waals surface area contributed by atoms with Gasteiger partial charge in [-0.1, -0.05) is 6.07 Å². The second-order valence-electron chi connectivity index (χ2n) is 8.00. The molecule has 1 aromatic carbocycles. The van der Waals surface area contributed by atoms with Crippen molar-refractivity contribution in [3.8, 4) is 5.75 Å². The number of carbonyl (C=O) groups is 2. The molecule has 29 heavy (non-hydrogen) atoms. The summed E-state index contributed by atoms with van der Waals surface area (Å²) in [6.45, 7) is 4.79. The quantitative estimate of drug-likeness (QED) is 0.702. The summed E-state index contributed by atoms with van der Waals surface area (Å²) in [6.07, 6.45) is 4.90. The van der Waals surface area contributed by atoms with Crippen molar-refractivity contribution in [3.63, 3.8) is 0 Å². The number of hydrogen-bond acceptors (Lipinski definition) is 6. The van der Waals surface area contributed by atoms with Gasteiger partial charge >= 0.3 is 5.97 Å². The van der Waals surface area contributed by atoms with Gasteiger partial charge in [-0.3, -0.25) is 9.59 Å². The number of ether oxygens (including phenoxy) is 2. The summed E-state index contributed by atoms with van der Waals surface area (Å²) in [5.74, 6) is 0.175. The van der Waals surface area contributed by atoms with Crippen LogP contribution in [0.1, 0.15) is 42.5 Å². The number of rotatable bonds is 7. The number of amides is 1. The van der Waals surface area contributed by atoms with Crippen LogP contribution in [0.2, 0.25) is 0 Å². The molecule has 2 saturated heterocycles. The van der Waals surface area contributed by atoms with Crippen LogP contribution in [0.15, 0.2) is 24.3 Å². The summed E-state index contributed by atoms with van der Waals surface area (Å²) in [6, 6.07) is 7.97. The molecule has 1 amide bonds. The van der Waals surface area contributed by atoms with Crippen LogP contribution in [0.3, 0.4) is 0 Å². The predicted molar refractivity (Wildman–Crippen MR) is 111 cm³/mol. The number of nitrogens with zero attached hydrogens (tertiary/aromatic N) is 2. The smallest absolute Gasteiger partial charge is 0.307 e. The number of piperidine rings is 2. The molecule has 2 heterocycles. The molecule has 0 radical (unpaired) electrons. The first-order chi connectivity index (χ1) is 14.0. The molecule has 7 nitrogen and oxygen atoms in total. The van der Waals surface area contributed by atoms with Crippen LogP contribution in [-0.4, -0.2) is 80.7 Å². The number of likely N-dealkylation sites (tertiary alicyclic amines) is 2. The number of esters is 1. The third-order valence-corrected chi connectivity index (χ3v) is 5.92. The Morgan fingerprint density at radius 3 is 2.52 bits per heavy atom. The van der Waals surface area contributed by atoms with Gasteiger partial charge in [0, 0.05) is 31.2 Å². The number of hydrogen-bond donors (Lipinski definition) is 1. The van der Waals surface area contributed by atoms with Gasteiger partial charge in [0.2, 0.25) is 0 Å². The van der Waals surface area contributed by atoms with E-state index in [-0.39, 0.29) is 30.9 Å². The first-order valence-electron chi connectivity index (χ1n) is 10.6. The predicted octanol–water partition coefficient (Wildman–Crippen LogP) is 1.92. The fourth-order valence-corrected chi connectivity index (χ4v) is 4.10. The normalized spacial score (nSPS) is 19.7. The maximum atomic E-state index is 12.3. The van der Waals surface area contributed by atoms with Crippen molar-refractivity contribution < 1.29 is 19.1 Å². The Bertz CT molecular complexity index is 680. The van der Waals surface area contributed by atoms with Gasteiger partial charge in [-0.15, -0.1) is 0 Å². The lowest BCUT2D eigenvalue weighted by molar-refractivity contribution is -0.140. The lowest BCUT2D eigenvalue weighted by atomic mass is 9.99. The second-order valence-corrected chi connectivity index (χ2v) is 8.00. The van der Waals surface area contributed by atoms with Crippen LogP contribution < -0.4 is 10.1 Å². The van der Waals surface area contributed by atoms with E-state index in [1.165, 1.54) is 33.0 Å².